The molecule has 0 aliphatic heterocycles. The molecular formula is C19H19BrClN5O3. The number of esters is 1. The molecule has 10 heteroatoms. The van der Waals surface area contributed by atoms with E-state index in [1.54, 1.807) is 10.7 Å². The third-order valence-electron chi connectivity index (χ3n) is 4.12. The number of anilines is 1. The molecule has 3 aromatic rings. The summed E-state index contributed by atoms with van der Waals surface area (Å²) in [6.45, 7) is 0.843. The first kappa shape index (κ1) is 21.1. The van der Waals surface area contributed by atoms with Crippen molar-refractivity contribution < 1.29 is 14.3 Å². The highest BCUT2D eigenvalue weighted by atomic mass is 79.9. The van der Waals surface area contributed by atoms with Gasteiger partial charge in [-0.1, -0.05) is 29.8 Å². The lowest BCUT2D eigenvalue weighted by Gasteiger charge is -2.12. The summed E-state index contributed by atoms with van der Waals surface area (Å²) < 4.78 is 6.95. The van der Waals surface area contributed by atoms with Crippen LogP contribution in [0.2, 0.25) is 5.02 Å². The molecule has 0 aliphatic rings. The first-order valence-corrected chi connectivity index (χ1v) is 10.0. The number of ether oxygens (including phenoxy) is 1. The molecule has 1 amide bonds. The van der Waals surface area contributed by atoms with Crippen molar-refractivity contribution in [3.63, 3.8) is 0 Å². The van der Waals surface area contributed by atoms with E-state index < -0.39 is 5.97 Å². The molecule has 0 unspecified atom stereocenters. The molecule has 1 aromatic carbocycles. The molecule has 29 heavy (non-hydrogen) atoms. The van der Waals surface area contributed by atoms with E-state index in [-0.39, 0.29) is 18.7 Å². The zero-order valence-corrected chi connectivity index (χ0v) is 18.0. The van der Waals surface area contributed by atoms with E-state index >= 15 is 0 Å². The van der Waals surface area contributed by atoms with Gasteiger partial charge in [0.15, 0.2) is 5.65 Å². The van der Waals surface area contributed by atoms with Gasteiger partial charge in [-0.3, -0.25) is 9.59 Å². The Hall–Kier alpha value is -2.65. The average molecular weight is 481 g/mol. The Morgan fingerprint density at radius 3 is 2.79 bits per heavy atom. The molecule has 0 radical (unpaired) electrons. The maximum Gasteiger partial charge on any atom is 0.306 e. The highest BCUT2D eigenvalue weighted by molar-refractivity contribution is 9.10. The van der Waals surface area contributed by atoms with E-state index in [4.69, 9.17) is 11.6 Å². The number of hydrogen-bond donors (Lipinski definition) is 2. The molecule has 0 saturated heterocycles. The molecule has 0 spiro atoms. The molecule has 0 atom stereocenters. The van der Waals surface area contributed by atoms with Crippen LogP contribution in [0, 0.1) is 0 Å². The van der Waals surface area contributed by atoms with Crippen LogP contribution < -0.4 is 10.6 Å². The third kappa shape index (κ3) is 5.24. The smallest absolute Gasteiger partial charge is 0.306 e. The second-order valence-corrected chi connectivity index (χ2v) is 7.35. The SMILES string of the molecule is COC(=O)CCC(=O)NCCNc1cc(-c2ccccc2Cl)nc2c(Br)cnn12. The zero-order valence-electron chi connectivity index (χ0n) is 15.6. The number of carbonyl (C=O) groups is 2. The van der Waals surface area contributed by atoms with Crippen molar-refractivity contribution in [3.05, 3.63) is 46.0 Å². The van der Waals surface area contributed by atoms with E-state index in [0.717, 1.165) is 10.0 Å². The lowest BCUT2D eigenvalue weighted by molar-refractivity contribution is -0.142. The molecule has 0 saturated carbocycles. The Kier molecular flexibility index (Phi) is 7.05. The number of amides is 1. The van der Waals surface area contributed by atoms with E-state index in [1.807, 2.05) is 30.3 Å². The first-order chi connectivity index (χ1) is 14.0. The van der Waals surface area contributed by atoms with Crippen LogP contribution in [0.1, 0.15) is 12.8 Å². The van der Waals surface area contributed by atoms with Gasteiger partial charge >= 0.3 is 5.97 Å². The lowest BCUT2D eigenvalue weighted by atomic mass is 10.1. The van der Waals surface area contributed by atoms with Crippen LogP contribution in [-0.2, 0) is 14.3 Å². The molecule has 2 N–H and O–H groups in total. The van der Waals surface area contributed by atoms with E-state index in [9.17, 15) is 9.59 Å². The Morgan fingerprint density at radius 2 is 2.03 bits per heavy atom. The number of carbonyl (C=O) groups excluding carboxylic acids is 2. The van der Waals surface area contributed by atoms with Crippen LogP contribution in [0.25, 0.3) is 16.9 Å². The summed E-state index contributed by atoms with van der Waals surface area (Å²) in [7, 11) is 1.30. The van der Waals surface area contributed by atoms with Crippen molar-refractivity contribution in [3.8, 4) is 11.3 Å². The fourth-order valence-corrected chi connectivity index (χ4v) is 3.25. The second-order valence-electron chi connectivity index (χ2n) is 6.09. The Morgan fingerprint density at radius 1 is 1.24 bits per heavy atom. The number of fused-ring (bicyclic) bond motifs is 1. The van der Waals surface area contributed by atoms with Gasteiger partial charge in [0, 0.05) is 36.2 Å². The molecular weight excluding hydrogens is 462 g/mol. The number of methoxy groups -OCH3 is 1. The Labute approximate surface area is 180 Å². The Balaban J connectivity index is 1.70. The number of rotatable bonds is 8. The Bertz CT molecular complexity index is 1040. The minimum atomic E-state index is -0.409. The summed E-state index contributed by atoms with van der Waals surface area (Å²) >= 11 is 9.79. The number of halogens is 2. The van der Waals surface area contributed by atoms with Gasteiger partial charge in [0.25, 0.3) is 0 Å². The largest absolute Gasteiger partial charge is 0.469 e. The maximum absolute atomic E-state index is 11.8. The molecule has 3 rings (SSSR count). The minimum Gasteiger partial charge on any atom is -0.469 e. The number of hydrogen-bond acceptors (Lipinski definition) is 6. The van der Waals surface area contributed by atoms with Gasteiger partial charge in [-0.2, -0.15) is 9.61 Å². The zero-order chi connectivity index (χ0) is 20.8. The van der Waals surface area contributed by atoms with Crippen LogP contribution in [0.5, 0.6) is 0 Å². The van der Waals surface area contributed by atoms with Crippen LogP contribution in [0.15, 0.2) is 41.0 Å². The minimum absolute atomic E-state index is 0.0588. The third-order valence-corrected chi connectivity index (χ3v) is 5.00. The fourth-order valence-electron chi connectivity index (χ4n) is 2.67. The van der Waals surface area contributed by atoms with E-state index in [2.05, 4.69) is 41.4 Å². The highest BCUT2D eigenvalue weighted by Crippen LogP contribution is 2.30. The molecule has 8 nitrogen and oxygen atoms in total. The first-order valence-electron chi connectivity index (χ1n) is 8.86. The monoisotopic (exact) mass is 479 g/mol. The number of aromatic nitrogens is 3. The molecule has 0 bridgehead atoms. The maximum atomic E-state index is 11.8. The van der Waals surface area contributed by atoms with Gasteiger partial charge in [0.2, 0.25) is 5.91 Å². The second kappa shape index (κ2) is 9.71. The van der Waals surface area contributed by atoms with Crippen molar-refractivity contribution in [2.24, 2.45) is 0 Å². The van der Waals surface area contributed by atoms with Crippen LogP contribution in [0.4, 0.5) is 5.82 Å². The van der Waals surface area contributed by atoms with Crippen molar-refractivity contribution in [1.29, 1.82) is 0 Å². The van der Waals surface area contributed by atoms with Crippen molar-refractivity contribution in [2.75, 3.05) is 25.5 Å². The van der Waals surface area contributed by atoms with Gasteiger partial charge in [-0.25, -0.2) is 4.98 Å². The average Bonchev–Trinajstić information content (AvgIpc) is 3.10. The number of benzene rings is 1. The summed E-state index contributed by atoms with van der Waals surface area (Å²) in [5.74, 6) is 0.0870. The van der Waals surface area contributed by atoms with Crippen LogP contribution in [-0.4, -0.2) is 46.7 Å². The van der Waals surface area contributed by atoms with Crippen LogP contribution >= 0.6 is 27.5 Å². The molecule has 2 heterocycles. The van der Waals surface area contributed by atoms with Gasteiger partial charge in [-0.15, -0.1) is 0 Å². The van der Waals surface area contributed by atoms with Gasteiger partial charge in [-0.05, 0) is 22.0 Å². The van der Waals surface area contributed by atoms with Gasteiger partial charge < -0.3 is 15.4 Å². The lowest BCUT2D eigenvalue weighted by Crippen LogP contribution is -2.29. The van der Waals surface area contributed by atoms with Crippen molar-refractivity contribution >= 4 is 50.9 Å². The molecule has 2 aromatic heterocycles. The van der Waals surface area contributed by atoms with Crippen molar-refractivity contribution in [1.82, 2.24) is 19.9 Å². The van der Waals surface area contributed by atoms with Gasteiger partial charge in [0.1, 0.15) is 5.82 Å². The number of nitrogens with one attached hydrogen (secondary N) is 2. The fraction of sp³-hybridized carbons (Fsp3) is 0.263. The predicted molar refractivity (Wildman–Crippen MR) is 114 cm³/mol. The molecule has 0 fully saturated rings. The predicted octanol–water partition coefficient (Wildman–Crippen LogP) is 3.29. The number of nitrogens with zero attached hydrogens (tertiary/aromatic N) is 3. The molecule has 0 aliphatic carbocycles. The summed E-state index contributed by atoms with van der Waals surface area (Å²) in [6.07, 6.45) is 1.82. The summed E-state index contributed by atoms with van der Waals surface area (Å²) in [6, 6.07) is 9.32. The normalized spacial score (nSPS) is 10.7. The van der Waals surface area contributed by atoms with E-state index in [0.29, 0.717) is 35.3 Å². The quantitative estimate of drug-likeness (QED) is 0.379. The summed E-state index contributed by atoms with van der Waals surface area (Å²) in [5, 5.41) is 10.9. The highest BCUT2D eigenvalue weighted by Gasteiger charge is 2.13. The van der Waals surface area contributed by atoms with E-state index in [1.165, 1.54) is 7.11 Å². The topological polar surface area (TPSA) is 97.6 Å². The van der Waals surface area contributed by atoms with Crippen LogP contribution in [0.3, 0.4) is 0 Å². The summed E-state index contributed by atoms with van der Waals surface area (Å²) in [5.41, 5.74) is 2.16. The standard InChI is InChI=1S/C19H19BrClN5O3/c1-29-18(28)7-6-17(27)23-9-8-22-16-10-15(12-4-2-3-5-14(12)21)25-19-13(20)11-24-26(16)19/h2-5,10-11,22H,6-9H2,1H3,(H,23,27). The van der Waals surface area contributed by atoms with Gasteiger partial charge in [0.05, 0.1) is 29.9 Å². The summed E-state index contributed by atoms with van der Waals surface area (Å²) in [4.78, 5) is 27.5. The molecule has 152 valence electrons. The van der Waals surface area contributed by atoms with Crippen molar-refractivity contribution in [2.45, 2.75) is 12.8 Å².